The summed E-state index contributed by atoms with van der Waals surface area (Å²) in [7, 11) is 0. The fourth-order valence-corrected chi connectivity index (χ4v) is 3.04. The zero-order valence-electron chi connectivity index (χ0n) is 10.0. The molecule has 0 bridgehead atoms. The molecule has 2 heterocycles. The minimum atomic E-state index is 0.473. The molecule has 0 spiro atoms. The second-order valence-electron chi connectivity index (χ2n) is 4.91. The van der Waals surface area contributed by atoms with E-state index in [9.17, 15) is 5.26 Å². The fourth-order valence-electron chi connectivity index (χ4n) is 2.88. The van der Waals surface area contributed by atoms with Crippen molar-refractivity contribution in [3.63, 3.8) is 0 Å². The molecule has 0 aliphatic heterocycles. The topological polar surface area (TPSA) is 52.5 Å². The van der Waals surface area contributed by atoms with Gasteiger partial charge in [-0.15, -0.1) is 0 Å². The Morgan fingerprint density at radius 1 is 1.33 bits per heavy atom. The molecule has 1 aliphatic carbocycles. The first-order chi connectivity index (χ1) is 8.79. The van der Waals surface area contributed by atoms with Crippen LogP contribution in [0.5, 0.6) is 0 Å². The van der Waals surface area contributed by atoms with E-state index in [1.165, 1.54) is 19.3 Å². The normalized spacial score (nSPS) is 16.9. The Morgan fingerprint density at radius 2 is 2.11 bits per heavy atom. The molecule has 1 fully saturated rings. The molecule has 0 aromatic carbocycles. The van der Waals surface area contributed by atoms with Crippen LogP contribution < -0.4 is 0 Å². The Balaban J connectivity index is 2.14. The number of aromatic nitrogens is 2. The van der Waals surface area contributed by atoms with Crippen molar-refractivity contribution in [2.45, 2.75) is 38.0 Å². The van der Waals surface area contributed by atoms with Gasteiger partial charge in [-0.3, -0.25) is 0 Å². The first-order valence-electron chi connectivity index (χ1n) is 6.37. The molecule has 0 atom stereocenters. The summed E-state index contributed by atoms with van der Waals surface area (Å²) in [6, 6.07) is 4.14. The lowest BCUT2D eigenvalue weighted by Crippen LogP contribution is -2.06. The van der Waals surface area contributed by atoms with Crippen molar-refractivity contribution in [3.8, 4) is 6.07 Å². The van der Waals surface area contributed by atoms with Gasteiger partial charge in [0.15, 0.2) is 0 Å². The number of rotatable bonds is 1. The van der Waals surface area contributed by atoms with Gasteiger partial charge < -0.3 is 4.98 Å². The molecule has 92 valence electrons. The summed E-state index contributed by atoms with van der Waals surface area (Å²) in [5, 5.41) is 10.8. The first-order valence-corrected chi connectivity index (χ1v) is 6.74. The van der Waals surface area contributed by atoms with Crippen molar-refractivity contribution < 1.29 is 0 Å². The summed E-state index contributed by atoms with van der Waals surface area (Å²) in [5.74, 6) is 0.473. The maximum absolute atomic E-state index is 9.39. The quantitative estimate of drug-likeness (QED) is 0.837. The Morgan fingerprint density at radius 3 is 2.83 bits per heavy atom. The fraction of sp³-hybridized carbons (Fsp3) is 0.429. The van der Waals surface area contributed by atoms with Gasteiger partial charge in [-0.1, -0.05) is 30.9 Å². The van der Waals surface area contributed by atoms with Crippen LogP contribution >= 0.6 is 11.6 Å². The molecule has 1 N–H and O–H groups in total. The molecule has 1 saturated carbocycles. The van der Waals surface area contributed by atoms with Crippen LogP contribution in [-0.4, -0.2) is 9.97 Å². The summed E-state index contributed by atoms with van der Waals surface area (Å²) < 4.78 is 0. The zero-order valence-corrected chi connectivity index (χ0v) is 10.8. The summed E-state index contributed by atoms with van der Waals surface area (Å²) in [5.41, 5.74) is 2.56. The van der Waals surface area contributed by atoms with E-state index < -0.39 is 0 Å². The highest BCUT2D eigenvalue weighted by atomic mass is 35.5. The summed E-state index contributed by atoms with van der Waals surface area (Å²) in [4.78, 5) is 7.59. The van der Waals surface area contributed by atoms with E-state index in [0.717, 1.165) is 35.1 Å². The van der Waals surface area contributed by atoms with Gasteiger partial charge in [-0.2, -0.15) is 5.26 Å². The molecular weight excluding hydrogens is 246 g/mol. The Bertz CT molecular complexity index is 618. The Hall–Kier alpha value is -1.53. The number of halogens is 1. The van der Waals surface area contributed by atoms with Gasteiger partial charge in [0.25, 0.3) is 0 Å². The minimum absolute atomic E-state index is 0.473. The summed E-state index contributed by atoms with van der Waals surface area (Å²) in [6.07, 6.45) is 7.75. The van der Waals surface area contributed by atoms with E-state index in [0.29, 0.717) is 10.9 Å². The second kappa shape index (κ2) is 4.62. The maximum atomic E-state index is 9.39. The van der Waals surface area contributed by atoms with E-state index in [2.05, 4.69) is 16.0 Å². The highest BCUT2D eigenvalue weighted by Crippen LogP contribution is 2.36. The van der Waals surface area contributed by atoms with Gasteiger partial charge in [0.2, 0.25) is 0 Å². The third kappa shape index (κ3) is 1.87. The SMILES string of the molecule is N#Cc1c(C2CCCCC2)[nH]c2ncc(Cl)cc12. The average molecular weight is 260 g/mol. The number of H-pyrrole nitrogens is 1. The number of fused-ring (bicyclic) bond motifs is 1. The molecule has 2 aromatic heterocycles. The van der Waals surface area contributed by atoms with Crippen LogP contribution in [0.15, 0.2) is 12.3 Å². The third-order valence-electron chi connectivity index (χ3n) is 3.77. The second-order valence-corrected chi connectivity index (χ2v) is 5.35. The number of pyridine rings is 1. The van der Waals surface area contributed by atoms with Crippen LogP contribution in [0.1, 0.15) is 49.3 Å². The lowest BCUT2D eigenvalue weighted by Gasteiger charge is -2.20. The monoisotopic (exact) mass is 259 g/mol. The van der Waals surface area contributed by atoms with Crippen LogP contribution in [0.25, 0.3) is 11.0 Å². The van der Waals surface area contributed by atoms with Gasteiger partial charge in [0.1, 0.15) is 11.7 Å². The predicted octanol–water partition coefficient (Wildman–Crippen LogP) is 4.14. The molecule has 3 nitrogen and oxygen atoms in total. The van der Waals surface area contributed by atoms with Crippen LogP contribution in [0.2, 0.25) is 5.02 Å². The minimum Gasteiger partial charge on any atom is -0.342 e. The van der Waals surface area contributed by atoms with Crippen LogP contribution in [0.4, 0.5) is 0 Å². The molecule has 18 heavy (non-hydrogen) atoms. The molecule has 4 heteroatoms. The van der Waals surface area contributed by atoms with E-state index >= 15 is 0 Å². The Labute approximate surface area is 111 Å². The number of nitrogens with one attached hydrogen (secondary N) is 1. The zero-order chi connectivity index (χ0) is 12.5. The molecule has 3 rings (SSSR count). The van der Waals surface area contributed by atoms with E-state index in [4.69, 9.17) is 11.6 Å². The maximum Gasteiger partial charge on any atom is 0.138 e. The smallest absolute Gasteiger partial charge is 0.138 e. The lowest BCUT2D eigenvalue weighted by atomic mass is 9.85. The summed E-state index contributed by atoms with van der Waals surface area (Å²) in [6.45, 7) is 0. The van der Waals surface area contributed by atoms with Crippen LogP contribution in [-0.2, 0) is 0 Å². The van der Waals surface area contributed by atoms with Gasteiger partial charge >= 0.3 is 0 Å². The molecule has 0 unspecified atom stereocenters. The van der Waals surface area contributed by atoms with Gasteiger partial charge in [0, 0.05) is 23.2 Å². The average Bonchev–Trinajstić information content (AvgIpc) is 2.77. The molecule has 1 aliphatic rings. The summed E-state index contributed by atoms with van der Waals surface area (Å²) >= 11 is 5.96. The van der Waals surface area contributed by atoms with Gasteiger partial charge in [-0.05, 0) is 18.9 Å². The number of hydrogen-bond donors (Lipinski definition) is 1. The number of hydrogen-bond acceptors (Lipinski definition) is 2. The Kier molecular flexibility index (Phi) is 2.97. The van der Waals surface area contributed by atoms with Gasteiger partial charge in [0.05, 0.1) is 10.6 Å². The van der Waals surface area contributed by atoms with E-state index in [1.54, 1.807) is 6.20 Å². The van der Waals surface area contributed by atoms with Crippen LogP contribution in [0.3, 0.4) is 0 Å². The van der Waals surface area contributed by atoms with Crippen molar-refractivity contribution in [1.82, 2.24) is 9.97 Å². The molecule has 0 radical (unpaired) electrons. The van der Waals surface area contributed by atoms with Crippen molar-refractivity contribution >= 4 is 22.6 Å². The van der Waals surface area contributed by atoms with Crippen molar-refractivity contribution in [2.24, 2.45) is 0 Å². The highest BCUT2D eigenvalue weighted by molar-refractivity contribution is 6.31. The molecular formula is C14H14ClN3. The molecule has 0 saturated heterocycles. The standard InChI is InChI=1S/C14H14ClN3/c15-10-6-11-12(7-16)13(18-14(11)17-8-10)9-4-2-1-3-5-9/h6,8-9H,1-5H2,(H,17,18). The number of nitrogens with zero attached hydrogens (tertiary/aromatic N) is 2. The van der Waals surface area contributed by atoms with E-state index in [1.807, 2.05) is 6.07 Å². The predicted molar refractivity (Wildman–Crippen MR) is 71.6 cm³/mol. The van der Waals surface area contributed by atoms with Crippen molar-refractivity contribution in [3.05, 3.63) is 28.5 Å². The number of nitriles is 1. The van der Waals surface area contributed by atoms with E-state index in [-0.39, 0.29) is 0 Å². The first kappa shape index (κ1) is 11.6. The third-order valence-corrected chi connectivity index (χ3v) is 3.98. The van der Waals surface area contributed by atoms with Crippen molar-refractivity contribution in [1.29, 1.82) is 5.26 Å². The van der Waals surface area contributed by atoms with Crippen molar-refractivity contribution in [2.75, 3.05) is 0 Å². The number of aromatic amines is 1. The highest BCUT2D eigenvalue weighted by Gasteiger charge is 2.22. The van der Waals surface area contributed by atoms with Gasteiger partial charge in [-0.25, -0.2) is 4.98 Å². The lowest BCUT2D eigenvalue weighted by molar-refractivity contribution is 0.438. The molecule has 0 amide bonds. The molecule has 2 aromatic rings. The largest absolute Gasteiger partial charge is 0.342 e. The van der Waals surface area contributed by atoms with Crippen LogP contribution in [0, 0.1) is 11.3 Å².